The Morgan fingerprint density at radius 2 is 1.92 bits per heavy atom. The van der Waals surface area contributed by atoms with Gasteiger partial charge in [0.2, 0.25) is 0 Å². The third-order valence-electron chi connectivity index (χ3n) is 2.62. The number of nitrogens with zero attached hydrogens (tertiary/aromatic N) is 1. The van der Waals surface area contributed by atoms with Crippen molar-refractivity contribution in [3.63, 3.8) is 0 Å². The van der Waals surface area contributed by atoms with E-state index in [1.54, 1.807) is 6.92 Å². The van der Waals surface area contributed by atoms with E-state index in [9.17, 15) is 10.0 Å². The second-order valence-electron chi connectivity index (χ2n) is 4.27. The lowest BCUT2D eigenvalue weighted by Crippen LogP contribution is -2.45. The minimum Gasteiger partial charge on any atom is -0.289 e. The monoisotopic (exact) mass is 180 g/mol. The van der Waals surface area contributed by atoms with Crippen molar-refractivity contribution in [1.29, 1.82) is 0 Å². The normalized spacial score (nSPS) is 32.3. The van der Waals surface area contributed by atoms with Crippen molar-refractivity contribution < 1.29 is 10.0 Å². The Morgan fingerprint density at radius 3 is 2.31 bits per heavy atom. The molecule has 3 heteroatoms. The SMILES string of the molecule is CC1(C)CCC(C)(C#CC=O)N1[O]. The molecule has 1 radical (unpaired) electrons. The Labute approximate surface area is 78.7 Å². The summed E-state index contributed by atoms with van der Waals surface area (Å²) in [7, 11) is 0. The summed E-state index contributed by atoms with van der Waals surface area (Å²) in [5.74, 6) is 5.04. The Bertz CT molecular complexity index is 274. The highest BCUT2D eigenvalue weighted by molar-refractivity contribution is 5.73. The maximum Gasteiger partial charge on any atom is 0.192 e. The maximum absolute atomic E-state index is 11.8. The molecule has 1 fully saturated rings. The third kappa shape index (κ3) is 1.74. The molecule has 1 aliphatic heterocycles. The smallest absolute Gasteiger partial charge is 0.192 e. The first-order valence-electron chi connectivity index (χ1n) is 4.36. The second kappa shape index (κ2) is 3.13. The van der Waals surface area contributed by atoms with E-state index in [0.717, 1.165) is 17.9 Å². The number of rotatable bonds is 0. The number of carbonyl (C=O) groups is 1. The summed E-state index contributed by atoms with van der Waals surface area (Å²) in [6.07, 6.45) is 2.08. The lowest BCUT2D eigenvalue weighted by molar-refractivity contribution is -0.234. The van der Waals surface area contributed by atoms with Crippen LogP contribution in [0.1, 0.15) is 33.6 Å². The molecule has 3 nitrogen and oxygen atoms in total. The van der Waals surface area contributed by atoms with Gasteiger partial charge in [-0.15, -0.1) is 10.3 Å². The molecule has 0 saturated carbocycles. The fraction of sp³-hybridized carbons (Fsp3) is 0.700. The zero-order valence-electron chi connectivity index (χ0n) is 8.26. The van der Waals surface area contributed by atoms with Gasteiger partial charge < -0.3 is 0 Å². The van der Waals surface area contributed by atoms with Gasteiger partial charge in [0.05, 0.1) is 0 Å². The van der Waals surface area contributed by atoms with Crippen molar-refractivity contribution in [1.82, 2.24) is 5.06 Å². The van der Waals surface area contributed by atoms with Gasteiger partial charge in [-0.2, -0.15) is 0 Å². The van der Waals surface area contributed by atoms with Crippen LogP contribution in [-0.4, -0.2) is 22.4 Å². The van der Waals surface area contributed by atoms with Crippen LogP contribution in [0.5, 0.6) is 0 Å². The highest BCUT2D eigenvalue weighted by Gasteiger charge is 2.47. The first-order chi connectivity index (χ1) is 5.92. The third-order valence-corrected chi connectivity index (χ3v) is 2.62. The summed E-state index contributed by atoms with van der Waals surface area (Å²) < 4.78 is 0. The van der Waals surface area contributed by atoms with Gasteiger partial charge in [0, 0.05) is 5.54 Å². The van der Waals surface area contributed by atoms with Crippen LogP contribution in [-0.2, 0) is 10.0 Å². The van der Waals surface area contributed by atoms with Gasteiger partial charge in [0.15, 0.2) is 6.29 Å². The highest BCUT2D eigenvalue weighted by atomic mass is 16.5. The van der Waals surface area contributed by atoms with Crippen LogP contribution in [0.15, 0.2) is 0 Å². The summed E-state index contributed by atoms with van der Waals surface area (Å²) >= 11 is 0. The molecule has 1 heterocycles. The maximum atomic E-state index is 11.8. The van der Waals surface area contributed by atoms with Crippen molar-refractivity contribution in [2.75, 3.05) is 0 Å². The predicted octanol–water partition coefficient (Wildman–Crippen LogP) is 1.17. The van der Waals surface area contributed by atoms with Crippen LogP contribution in [0, 0.1) is 11.8 Å². The fourth-order valence-corrected chi connectivity index (χ4v) is 1.72. The lowest BCUT2D eigenvalue weighted by atomic mass is 10.00. The zero-order chi connectivity index (χ0) is 10.1. The van der Waals surface area contributed by atoms with E-state index >= 15 is 0 Å². The van der Waals surface area contributed by atoms with Gasteiger partial charge >= 0.3 is 0 Å². The van der Waals surface area contributed by atoms with Crippen molar-refractivity contribution in [2.24, 2.45) is 0 Å². The summed E-state index contributed by atoms with van der Waals surface area (Å²) in [4.78, 5) is 10.1. The van der Waals surface area contributed by atoms with E-state index < -0.39 is 5.54 Å². The van der Waals surface area contributed by atoms with Crippen molar-refractivity contribution in [3.05, 3.63) is 0 Å². The first-order valence-corrected chi connectivity index (χ1v) is 4.36. The summed E-state index contributed by atoms with van der Waals surface area (Å²) in [6.45, 7) is 5.58. The lowest BCUT2D eigenvalue weighted by Gasteiger charge is -2.30. The van der Waals surface area contributed by atoms with Crippen LogP contribution in [0.4, 0.5) is 0 Å². The summed E-state index contributed by atoms with van der Waals surface area (Å²) in [6, 6.07) is 0. The largest absolute Gasteiger partial charge is 0.289 e. The van der Waals surface area contributed by atoms with Gasteiger partial charge in [-0.3, -0.25) is 4.79 Å². The van der Waals surface area contributed by atoms with E-state index in [2.05, 4.69) is 11.8 Å². The summed E-state index contributed by atoms with van der Waals surface area (Å²) in [5.41, 5.74) is -1.03. The molecule has 1 unspecified atom stereocenters. The number of aldehydes is 1. The van der Waals surface area contributed by atoms with Gasteiger partial charge in [0.1, 0.15) is 5.54 Å². The van der Waals surface area contributed by atoms with Crippen LogP contribution >= 0.6 is 0 Å². The number of hydroxylamine groups is 2. The number of hydrogen-bond donors (Lipinski definition) is 0. The first kappa shape index (κ1) is 10.2. The molecule has 0 N–H and O–H groups in total. The van der Waals surface area contributed by atoms with Gasteiger partial charge in [0.25, 0.3) is 0 Å². The molecule has 0 aromatic rings. The van der Waals surface area contributed by atoms with Gasteiger partial charge in [-0.05, 0) is 39.5 Å². The number of hydrogen-bond acceptors (Lipinski definition) is 2. The average molecular weight is 180 g/mol. The molecule has 0 aromatic carbocycles. The van der Waals surface area contributed by atoms with E-state index in [4.69, 9.17) is 0 Å². The number of carbonyl (C=O) groups excluding carboxylic acids is 1. The zero-order valence-corrected chi connectivity index (χ0v) is 8.26. The van der Waals surface area contributed by atoms with Crippen LogP contribution in [0.25, 0.3) is 0 Å². The average Bonchev–Trinajstić information content (AvgIpc) is 2.28. The molecular formula is C10H14NO2. The molecule has 0 amide bonds. The Kier molecular flexibility index (Phi) is 2.47. The molecular weight excluding hydrogens is 166 g/mol. The predicted molar refractivity (Wildman–Crippen MR) is 48.1 cm³/mol. The van der Waals surface area contributed by atoms with Crippen molar-refractivity contribution in [2.45, 2.75) is 44.7 Å². The molecule has 71 valence electrons. The van der Waals surface area contributed by atoms with Gasteiger partial charge in [-0.25, -0.2) is 0 Å². The van der Waals surface area contributed by atoms with Crippen LogP contribution in [0.2, 0.25) is 0 Å². The molecule has 0 aliphatic carbocycles. The Hall–Kier alpha value is -0.850. The topological polar surface area (TPSA) is 40.2 Å². The van der Waals surface area contributed by atoms with E-state index in [0.29, 0.717) is 6.29 Å². The Balaban J connectivity index is 2.89. The second-order valence-corrected chi connectivity index (χ2v) is 4.27. The minimum atomic E-state index is -0.676. The fourth-order valence-electron chi connectivity index (χ4n) is 1.72. The minimum absolute atomic E-state index is 0.355. The molecule has 1 aliphatic rings. The molecule has 0 spiro atoms. The van der Waals surface area contributed by atoms with Gasteiger partial charge in [-0.1, -0.05) is 5.92 Å². The highest BCUT2D eigenvalue weighted by Crippen LogP contribution is 2.38. The standard InChI is InChI=1S/C10H14NO2/c1-9(2)6-7-10(3,11(9)13)5-4-8-12/h8H,6-7H2,1-3H3. The molecule has 0 aromatic heterocycles. The van der Waals surface area contributed by atoms with Crippen molar-refractivity contribution in [3.8, 4) is 11.8 Å². The molecule has 1 rings (SSSR count). The van der Waals surface area contributed by atoms with Crippen LogP contribution in [0.3, 0.4) is 0 Å². The quantitative estimate of drug-likeness (QED) is 0.414. The van der Waals surface area contributed by atoms with Crippen molar-refractivity contribution >= 4 is 6.29 Å². The van der Waals surface area contributed by atoms with E-state index in [1.165, 1.54) is 0 Å². The van der Waals surface area contributed by atoms with E-state index in [-0.39, 0.29) is 5.54 Å². The van der Waals surface area contributed by atoms with E-state index in [1.807, 2.05) is 13.8 Å². The molecule has 1 saturated heterocycles. The molecule has 0 bridgehead atoms. The molecule has 13 heavy (non-hydrogen) atoms. The van der Waals surface area contributed by atoms with Crippen LogP contribution < -0.4 is 0 Å². The summed E-state index contributed by atoms with van der Waals surface area (Å²) in [5, 5.41) is 12.8. The molecule has 1 atom stereocenters. The Morgan fingerprint density at radius 1 is 1.31 bits per heavy atom.